The highest BCUT2D eigenvalue weighted by Crippen LogP contribution is 2.15. The third-order valence-electron chi connectivity index (χ3n) is 2.41. The van der Waals surface area contributed by atoms with E-state index in [9.17, 15) is 0 Å². The van der Waals surface area contributed by atoms with Crippen molar-refractivity contribution in [3.05, 3.63) is 48.4 Å². The Kier molecular flexibility index (Phi) is 5.19. The molecule has 20 heavy (non-hydrogen) atoms. The maximum absolute atomic E-state index is 8.56. The summed E-state index contributed by atoms with van der Waals surface area (Å²) in [6, 6.07) is 8.89. The number of amidine groups is 1. The Morgan fingerprint density at radius 2 is 2.10 bits per heavy atom. The van der Waals surface area contributed by atoms with Gasteiger partial charge >= 0.3 is 0 Å². The van der Waals surface area contributed by atoms with Gasteiger partial charge in [-0.15, -0.1) is 11.8 Å². The van der Waals surface area contributed by atoms with E-state index < -0.39 is 0 Å². The number of nitrogens with zero attached hydrogens (tertiary/aromatic N) is 3. The number of rotatable bonds is 6. The first kappa shape index (κ1) is 14.1. The van der Waals surface area contributed by atoms with Crippen molar-refractivity contribution in [3.8, 4) is 5.75 Å². The molecule has 0 amide bonds. The lowest BCUT2D eigenvalue weighted by Gasteiger charge is -2.06. The summed E-state index contributed by atoms with van der Waals surface area (Å²) in [7, 11) is 0. The third kappa shape index (κ3) is 4.13. The lowest BCUT2D eigenvalue weighted by Crippen LogP contribution is -2.12. The maximum Gasteiger partial charge on any atom is 0.170 e. The van der Waals surface area contributed by atoms with Crippen LogP contribution in [-0.4, -0.2) is 33.4 Å². The standard InChI is InChI=1S/C13H14N4O2S/c14-13(17-18)10-1-3-11(4-2-10)19-7-8-20-12-5-6-15-9-16-12/h1-6,9,18H,7-8H2,(H2,14,17). The van der Waals surface area contributed by atoms with Gasteiger partial charge in [-0.3, -0.25) is 0 Å². The van der Waals surface area contributed by atoms with E-state index in [2.05, 4.69) is 15.1 Å². The highest BCUT2D eigenvalue weighted by atomic mass is 32.2. The zero-order valence-electron chi connectivity index (χ0n) is 10.6. The summed E-state index contributed by atoms with van der Waals surface area (Å²) >= 11 is 1.60. The molecule has 1 heterocycles. The van der Waals surface area contributed by atoms with Crippen LogP contribution in [0.5, 0.6) is 5.75 Å². The number of oxime groups is 1. The molecule has 1 aromatic carbocycles. The molecular formula is C13H14N4O2S. The summed E-state index contributed by atoms with van der Waals surface area (Å²) in [5.41, 5.74) is 6.12. The molecule has 0 spiro atoms. The third-order valence-corrected chi connectivity index (χ3v) is 3.32. The normalized spacial score (nSPS) is 11.3. The van der Waals surface area contributed by atoms with Crippen LogP contribution in [0.1, 0.15) is 5.56 Å². The fourth-order valence-electron chi connectivity index (χ4n) is 1.45. The first-order valence-corrected chi connectivity index (χ1v) is 6.88. The van der Waals surface area contributed by atoms with Crippen LogP contribution in [0.15, 0.2) is 53.0 Å². The van der Waals surface area contributed by atoms with Crippen molar-refractivity contribution in [2.75, 3.05) is 12.4 Å². The second kappa shape index (κ2) is 7.34. The summed E-state index contributed by atoms with van der Waals surface area (Å²) < 4.78 is 5.59. The zero-order valence-corrected chi connectivity index (χ0v) is 11.5. The topological polar surface area (TPSA) is 93.6 Å². The van der Waals surface area contributed by atoms with E-state index in [1.807, 2.05) is 6.07 Å². The van der Waals surface area contributed by atoms with E-state index >= 15 is 0 Å². The van der Waals surface area contributed by atoms with Crippen LogP contribution in [0.25, 0.3) is 0 Å². The Labute approximate surface area is 120 Å². The van der Waals surface area contributed by atoms with Gasteiger partial charge in [0.05, 0.1) is 11.6 Å². The molecule has 0 aliphatic carbocycles. The molecule has 0 fully saturated rings. The minimum absolute atomic E-state index is 0.0795. The second-order valence-electron chi connectivity index (χ2n) is 3.75. The van der Waals surface area contributed by atoms with Crippen molar-refractivity contribution in [1.29, 1.82) is 0 Å². The summed E-state index contributed by atoms with van der Waals surface area (Å²) in [4.78, 5) is 7.97. The molecule has 0 aliphatic heterocycles. The lowest BCUT2D eigenvalue weighted by atomic mass is 10.2. The lowest BCUT2D eigenvalue weighted by molar-refractivity contribution is 0.318. The summed E-state index contributed by atoms with van der Waals surface area (Å²) in [5, 5.41) is 12.4. The van der Waals surface area contributed by atoms with E-state index in [0.717, 1.165) is 16.5 Å². The molecule has 6 nitrogen and oxygen atoms in total. The number of benzene rings is 1. The molecule has 2 aromatic rings. The van der Waals surface area contributed by atoms with Gasteiger partial charge in [0.25, 0.3) is 0 Å². The molecule has 3 N–H and O–H groups in total. The molecule has 0 unspecified atom stereocenters. The van der Waals surface area contributed by atoms with Gasteiger partial charge in [0.1, 0.15) is 12.1 Å². The number of aromatic nitrogens is 2. The Morgan fingerprint density at radius 1 is 1.30 bits per heavy atom. The first-order chi connectivity index (χ1) is 9.79. The molecule has 0 aliphatic rings. The van der Waals surface area contributed by atoms with Crippen LogP contribution in [0.4, 0.5) is 0 Å². The molecular weight excluding hydrogens is 276 g/mol. The summed E-state index contributed by atoms with van der Waals surface area (Å²) in [5.74, 6) is 1.61. The van der Waals surface area contributed by atoms with Crippen molar-refractivity contribution >= 4 is 17.6 Å². The van der Waals surface area contributed by atoms with E-state index in [4.69, 9.17) is 15.7 Å². The zero-order chi connectivity index (χ0) is 14.2. The van der Waals surface area contributed by atoms with Crippen molar-refractivity contribution in [1.82, 2.24) is 9.97 Å². The highest BCUT2D eigenvalue weighted by Gasteiger charge is 2.00. The molecule has 104 valence electrons. The average molecular weight is 290 g/mol. The monoisotopic (exact) mass is 290 g/mol. The fourth-order valence-corrected chi connectivity index (χ4v) is 2.10. The molecule has 0 saturated carbocycles. The molecule has 2 rings (SSSR count). The Hall–Kier alpha value is -2.28. The van der Waals surface area contributed by atoms with Crippen LogP contribution in [0.2, 0.25) is 0 Å². The van der Waals surface area contributed by atoms with Gasteiger partial charge in [0, 0.05) is 17.5 Å². The number of ether oxygens (including phenoxy) is 1. The van der Waals surface area contributed by atoms with Crippen molar-refractivity contribution in [2.45, 2.75) is 5.03 Å². The quantitative estimate of drug-likeness (QED) is 0.160. The minimum Gasteiger partial charge on any atom is -0.493 e. The minimum atomic E-state index is 0.0795. The van der Waals surface area contributed by atoms with Crippen LogP contribution < -0.4 is 10.5 Å². The van der Waals surface area contributed by atoms with Crippen LogP contribution >= 0.6 is 11.8 Å². The average Bonchev–Trinajstić information content (AvgIpc) is 2.52. The molecule has 0 atom stereocenters. The fraction of sp³-hybridized carbons (Fsp3) is 0.154. The van der Waals surface area contributed by atoms with Gasteiger partial charge in [0.15, 0.2) is 5.84 Å². The summed E-state index contributed by atoms with van der Waals surface area (Å²) in [6.07, 6.45) is 3.23. The van der Waals surface area contributed by atoms with Gasteiger partial charge in [0.2, 0.25) is 0 Å². The van der Waals surface area contributed by atoms with Crippen LogP contribution in [-0.2, 0) is 0 Å². The first-order valence-electron chi connectivity index (χ1n) is 5.89. The number of nitrogens with two attached hydrogens (primary N) is 1. The Balaban J connectivity index is 1.77. The Bertz CT molecular complexity index is 560. The van der Waals surface area contributed by atoms with Crippen molar-refractivity contribution in [2.24, 2.45) is 10.9 Å². The smallest absolute Gasteiger partial charge is 0.170 e. The highest BCUT2D eigenvalue weighted by molar-refractivity contribution is 7.99. The second-order valence-corrected chi connectivity index (χ2v) is 4.87. The van der Waals surface area contributed by atoms with Crippen molar-refractivity contribution in [3.63, 3.8) is 0 Å². The molecule has 1 aromatic heterocycles. The van der Waals surface area contributed by atoms with Gasteiger partial charge in [-0.1, -0.05) is 5.16 Å². The number of hydrogen-bond acceptors (Lipinski definition) is 6. The number of hydrogen-bond donors (Lipinski definition) is 2. The van der Waals surface area contributed by atoms with E-state index in [1.165, 1.54) is 6.33 Å². The SMILES string of the molecule is NC(=NO)c1ccc(OCCSc2ccncn2)cc1. The predicted molar refractivity (Wildman–Crippen MR) is 77.2 cm³/mol. The van der Waals surface area contributed by atoms with E-state index in [-0.39, 0.29) is 5.84 Å². The van der Waals surface area contributed by atoms with Gasteiger partial charge < -0.3 is 15.7 Å². The largest absolute Gasteiger partial charge is 0.493 e. The van der Waals surface area contributed by atoms with Crippen LogP contribution in [0.3, 0.4) is 0 Å². The Morgan fingerprint density at radius 3 is 2.75 bits per heavy atom. The molecule has 0 radical (unpaired) electrons. The van der Waals surface area contributed by atoms with Gasteiger partial charge in [-0.05, 0) is 30.3 Å². The van der Waals surface area contributed by atoms with E-state index in [1.54, 1.807) is 42.2 Å². The maximum atomic E-state index is 8.56. The molecule has 0 saturated heterocycles. The summed E-state index contributed by atoms with van der Waals surface area (Å²) in [6.45, 7) is 0.567. The van der Waals surface area contributed by atoms with Crippen LogP contribution in [0, 0.1) is 0 Å². The molecule has 7 heteroatoms. The van der Waals surface area contributed by atoms with E-state index in [0.29, 0.717) is 12.2 Å². The predicted octanol–water partition coefficient (Wildman–Crippen LogP) is 1.74. The van der Waals surface area contributed by atoms with Gasteiger partial charge in [-0.2, -0.15) is 0 Å². The molecule has 0 bridgehead atoms. The van der Waals surface area contributed by atoms with Gasteiger partial charge in [-0.25, -0.2) is 9.97 Å². The van der Waals surface area contributed by atoms with Crippen molar-refractivity contribution < 1.29 is 9.94 Å². The number of thioether (sulfide) groups is 1.